The highest BCUT2D eigenvalue weighted by atomic mass is 16.5. The number of fused-ring (bicyclic) bond motifs is 4. The zero-order valence-corrected chi connectivity index (χ0v) is 22.9. The van der Waals surface area contributed by atoms with Crippen LogP contribution in [0.15, 0.2) is 18.6 Å². The SMILES string of the molecule is CCOc1nn([C@@H](C)CO)c2c1/C=C/c1ncc3cnc(cn13)-c1c(C)nn(C)c1O[C@@H](C)CN(CC)C2. The Hall–Kier alpha value is -3.70. The van der Waals surface area contributed by atoms with Crippen molar-refractivity contribution in [2.45, 2.75) is 53.3 Å². The lowest BCUT2D eigenvalue weighted by molar-refractivity contribution is 0.132. The number of hydrogen-bond donors (Lipinski definition) is 1. The fourth-order valence-corrected chi connectivity index (χ4v) is 4.97. The minimum absolute atomic E-state index is 0.0294. The van der Waals surface area contributed by atoms with Crippen LogP contribution in [0.1, 0.15) is 56.5 Å². The number of nitrogens with zero attached hydrogens (tertiary/aromatic N) is 8. The van der Waals surface area contributed by atoms with Crippen LogP contribution in [-0.4, -0.2) is 76.3 Å². The number of aromatic nitrogens is 7. The van der Waals surface area contributed by atoms with Crippen molar-refractivity contribution >= 4 is 17.7 Å². The van der Waals surface area contributed by atoms with Crippen molar-refractivity contribution in [2.75, 3.05) is 26.3 Å². The molecule has 4 aromatic rings. The summed E-state index contributed by atoms with van der Waals surface area (Å²) in [6, 6.07) is -0.207. The fourth-order valence-electron chi connectivity index (χ4n) is 4.97. The molecule has 0 aromatic carbocycles. The van der Waals surface area contributed by atoms with E-state index >= 15 is 0 Å². The summed E-state index contributed by atoms with van der Waals surface area (Å²) in [5.74, 6) is 1.98. The highest BCUT2D eigenvalue weighted by molar-refractivity contribution is 5.73. The van der Waals surface area contributed by atoms with Gasteiger partial charge in [0.2, 0.25) is 11.8 Å². The quantitative estimate of drug-likeness (QED) is 0.427. The Labute approximate surface area is 222 Å². The van der Waals surface area contributed by atoms with Crippen LogP contribution in [0.4, 0.5) is 0 Å². The molecule has 0 saturated heterocycles. The summed E-state index contributed by atoms with van der Waals surface area (Å²) in [5.41, 5.74) is 5.21. The first-order valence-corrected chi connectivity index (χ1v) is 13.1. The molecule has 11 nitrogen and oxygen atoms in total. The first-order valence-electron chi connectivity index (χ1n) is 13.1. The molecule has 2 bridgehead atoms. The lowest BCUT2D eigenvalue weighted by Gasteiger charge is -2.26. The van der Waals surface area contributed by atoms with Crippen molar-refractivity contribution in [3.8, 4) is 23.0 Å². The largest absolute Gasteiger partial charge is 0.476 e. The van der Waals surface area contributed by atoms with Gasteiger partial charge in [-0.15, -0.1) is 5.10 Å². The molecular weight excluding hydrogens is 484 g/mol. The lowest BCUT2D eigenvalue weighted by atomic mass is 10.1. The minimum atomic E-state index is -0.207. The standard InChI is InChI=1S/C27H36N8O3/c1-7-33-13-18(4)38-27-25(19(5)30-32(27)6)22-14-34-20(11-28-22)12-29-24(34)10-9-21-23(15-33)35(17(3)16-36)31-26(21)37-8-2/h9-12,14,17-18,36H,7-8,13,15-16H2,1-6H3/b10-9+/t17-,18-/m0/s1. The van der Waals surface area contributed by atoms with Gasteiger partial charge in [-0.05, 0) is 46.4 Å². The van der Waals surface area contributed by atoms with Crippen molar-refractivity contribution in [1.29, 1.82) is 0 Å². The van der Waals surface area contributed by atoms with Crippen LogP contribution in [0, 0.1) is 6.92 Å². The maximum Gasteiger partial charge on any atom is 0.240 e. The van der Waals surface area contributed by atoms with Crippen molar-refractivity contribution < 1.29 is 14.6 Å². The molecule has 0 amide bonds. The first kappa shape index (κ1) is 25.9. The molecule has 4 aromatic heterocycles. The van der Waals surface area contributed by atoms with Gasteiger partial charge in [0.25, 0.3) is 0 Å². The van der Waals surface area contributed by atoms with E-state index in [1.165, 1.54) is 0 Å². The summed E-state index contributed by atoms with van der Waals surface area (Å²) in [4.78, 5) is 11.7. The normalized spacial score (nSPS) is 17.9. The molecule has 2 atom stereocenters. The highest BCUT2D eigenvalue weighted by Crippen LogP contribution is 2.34. The summed E-state index contributed by atoms with van der Waals surface area (Å²) in [6.07, 6.45) is 9.45. The lowest BCUT2D eigenvalue weighted by Crippen LogP contribution is -2.35. The molecule has 1 aliphatic heterocycles. The van der Waals surface area contributed by atoms with E-state index in [-0.39, 0.29) is 18.8 Å². The third-order valence-electron chi connectivity index (χ3n) is 6.89. The third kappa shape index (κ3) is 4.67. The predicted molar refractivity (Wildman–Crippen MR) is 145 cm³/mol. The van der Waals surface area contributed by atoms with Gasteiger partial charge in [-0.25, -0.2) is 9.67 Å². The minimum Gasteiger partial charge on any atom is -0.476 e. The molecule has 0 saturated carbocycles. The number of imidazole rings is 1. The van der Waals surface area contributed by atoms with Crippen molar-refractivity contribution in [3.63, 3.8) is 0 Å². The summed E-state index contributed by atoms with van der Waals surface area (Å²) in [5, 5.41) is 19.4. The number of ether oxygens (including phenoxy) is 2. The number of aliphatic hydroxyl groups excluding tert-OH is 1. The topological polar surface area (TPSA) is 108 Å². The first-order chi connectivity index (χ1) is 18.3. The molecule has 0 aliphatic carbocycles. The van der Waals surface area contributed by atoms with Gasteiger partial charge in [0.15, 0.2) is 0 Å². The van der Waals surface area contributed by atoms with Crippen molar-refractivity contribution in [2.24, 2.45) is 7.05 Å². The summed E-state index contributed by atoms with van der Waals surface area (Å²) in [7, 11) is 1.89. The molecular formula is C27H36N8O3. The second-order valence-corrected chi connectivity index (χ2v) is 9.74. The van der Waals surface area contributed by atoms with E-state index in [2.05, 4.69) is 28.8 Å². The molecule has 11 heteroatoms. The van der Waals surface area contributed by atoms with E-state index in [0.717, 1.165) is 46.1 Å². The van der Waals surface area contributed by atoms with Gasteiger partial charge in [-0.2, -0.15) is 5.10 Å². The Morgan fingerprint density at radius 2 is 1.97 bits per heavy atom. The molecule has 202 valence electrons. The van der Waals surface area contributed by atoms with Crippen LogP contribution in [0.25, 0.3) is 28.9 Å². The monoisotopic (exact) mass is 520 g/mol. The Morgan fingerprint density at radius 1 is 1.18 bits per heavy atom. The summed E-state index contributed by atoms with van der Waals surface area (Å²) >= 11 is 0. The van der Waals surface area contributed by atoms with Gasteiger partial charge in [0.05, 0.1) is 65.4 Å². The van der Waals surface area contributed by atoms with Crippen LogP contribution in [0.2, 0.25) is 0 Å². The van der Waals surface area contributed by atoms with E-state index in [9.17, 15) is 5.11 Å². The van der Waals surface area contributed by atoms with Gasteiger partial charge < -0.3 is 14.6 Å². The maximum atomic E-state index is 9.99. The van der Waals surface area contributed by atoms with Crippen LogP contribution in [0.5, 0.6) is 11.8 Å². The second kappa shape index (κ2) is 10.6. The number of aliphatic hydroxyl groups is 1. The Bertz CT molecular complexity index is 1470. The van der Waals surface area contributed by atoms with E-state index in [4.69, 9.17) is 19.6 Å². The molecule has 5 rings (SSSR count). The molecule has 38 heavy (non-hydrogen) atoms. The molecule has 1 N–H and O–H groups in total. The number of likely N-dealkylation sites (N-methyl/N-ethyl adjacent to an activating group) is 1. The van der Waals surface area contributed by atoms with Crippen LogP contribution in [0.3, 0.4) is 0 Å². The number of hydrogen-bond acceptors (Lipinski definition) is 8. The number of rotatable bonds is 5. The van der Waals surface area contributed by atoms with Crippen LogP contribution >= 0.6 is 0 Å². The predicted octanol–water partition coefficient (Wildman–Crippen LogP) is 3.36. The van der Waals surface area contributed by atoms with Crippen molar-refractivity contribution in [1.82, 2.24) is 38.8 Å². The molecule has 0 unspecified atom stereocenters. The molecule has 5 heterocycles. The van der Waals surface area contributed by atoms with Gasteiger partial charge in [-0.3, -0.25) is 19.0 Å². The van der Waals surface area contributed by atoms with Gasteiger partial charge in [0, 0.05) is 26.3 Å². The molecule has 0 spiro atoms. The Kier molecular flexibility index (Phi) is 7.22. The van der Waals surface area contributed by atoms with Gasteiger partial charge in [-0.1, -0.05) is 6.92 Å². The zero-order chi connectivity index (χ0) is 27.0. The third-order valence-corrected chi connectivity index (χ3v) is 6.89. The van der Waals surface area contributed by atoms with Crippen molar-refractivity contribution in [3.05, 3.63) is 41.4 Å². The fraction of sp³-hybridized carbons (Fsp3) is 0.481. The number of aryl methyl sites for hydroxylation is 2. The average Bonchev–Trinajstić information content (AvgIpc) is 3.54. The Balaban J connectivity index is 1.73. The molecule has 1 aliphatic rings. The van der Waals surface area contributed by atoms with E-state index < -0.39 is 0 Å². The van der Waals surface area contributed by atoms with Crippen LogP contribution in [-0.2, 0) is 13.6 Å². The van der Waals surface area contributed by atoms with Gasteiger partial charge >= 0.3 is 0 Å². The Morgan fingerprint density at radius 3 is 2.71 bits per heavy atom. The van der Waals surface area contributed by atoms with Gasteiger partial charge in [0.1, 0.15) is 11.9 Å². The van der Waals surface area contributed by atoms with Crippen LogP contribution < -0.4 is 9.47 Å². The highest BCUT2D eigenvalue weighted by Gasteiger charge is 2.25. The summed E-state index contributed by atoms with van der Waals surface area (Å²) in [6.45, 7) is 12.6. The second-order valence-electron chi connectivity index (χ2n) is 9.74. The van der Waals surface area contributed by atoms with E-state index in [0.29, 0.717) is 31.5 Å². The average molecular weight is 521 g/mol. The summed E-state index contributed by atoms with van der Waals surface area (Å²) < 4.78 is 18.2. The molecule has 0 fully saturated rings. The molecule has 0 radical (unpaired) electrons. The smallest absolute Gasteiger partial charge is 0.240 e. The van der Waals surface area contributed by atoms with E-state index in [1.54, 1.807) is 10.9 Å². The zero-order valence-electron chi connectivity index (χ0n) is 22.9. The maximum absolute atomic E-state index is 9.99. The van der Waals surface area contributed by atoms with E-state index in [1.807, 2.05) is 61.4 Å².